The van der Waals surface area contributed by atoms with E-state index in [9.17, 15) is 9.90 Å². The quantitative estimate of drug-likeness (QED) is 0.760. The van der Waals surface area contributed by atoms with E-state index in [0.717, 1.165) is 11.3 Å². The number of carbonyl (C=O) groups is 1. The molecule has 0 saturated carbocycles. The van der Waals surface area contributed by atoms with Crippen LogP contribution in [-0.2, 0) is 4.79 Å². The molecule has 0 aliphatic rings. The van der Waals surface area contributed by atoms with Crippen molar-refractivity contribution in [3.05, 3.63) is 29.8 Å². The standard InChI is InChI=1S/C17H27NO3/c1-13-8-5-6-9-14(13)21-11-7-10-16(20)18-12-15(19)17(2,3)4/h5-6,8-9,15,19H,7,10-12H2,1-4H3,(H,18,20). The largest absolute Gasteiger partial charge is 0.493 e. The van der Waals surface area contributed by atoms with Gasteiger partial charge in [-0.15, -0.1) is 0 Å². The molecule has 0 saturated heterocycles. The highest BCUT2D eigenvalue weighted by Crippen LogP contribution is 2.18. The van der Waals surface area contributed by atoms with Crippen molar-refractivity contribution in [3.63, 3.8) is 0 Å². The lowest BCUT2D eigenvalue weighted by Crippen LogP contribution is -2.39. The number of aliphatic hydroxyl groups is 1. The van der Waals surface area contributed by atoms with Crippen LogP contribution in [0.4, 0.5) is 0 Å². The van der Waals surface area contributed by atoms with Gasteiger partial charge in [-0.25, -0.2) is 0 Å². The van der Waals surface area contributed by atoms with Gasteiger partial charge in [0, 0.05) is 13.0 Å². The van der Waals surface area contributed by atoms with Crippen molar-refractivity contribution in [2.45, 2.75) is 46.6 Å². The van der Waals surface area contributed by atoms with Gasteiger partial charge in [-0.05, 0) is 30.4 Å². The number of benzene rings is 1. The highest BCUT2D eigenvalue weighted by atomic mass is 16.5. The molecule has 4 heteroatoms. The Morgan fingerprint density at radius 3 is 2.62 bits per heavy atom. The van der Waals surface area contributed by atoms with Gasteiger partial charge in [-0.2, -0.15) is 0 Å². The van der Waals surface area contributed by atoms with E-state index in [1.807, 2.05) is 52.0 Å². The van der Waals surface area contributed by atoms with Gasteiger partial charge in [0.25, 0.3) is 0 Å². The van der Waals surface area contributed by atoms with Crippen molar-refractivity contribution >= 4 is 5.91 Å². The number of amides is 1. The lowest BCUT2D eigenvalue weighted by molar-refractivity contribution is -0.122. The first kappa shape index (κ1) is 17.5. The normalized spacial score (nSPS) is 12.8. The summed E-state index contributed by atoms with van der Waals surface area (Å²) in [6.45, 7) is 8.64. The Bertz CT molecular complexity index is 452. The molecule has 4 nitrogen and oxygen atoms in total. The summed E-state index contributed by atoms with van der Waals surface area (Å²) in [5.41, 5.74) is 0.872. The number of ether oxygens (including phenoxy) is 1. The lowest BCUT2D eigenvalue weighted by Gasteiger charge is -2.25. The predicted molar refractivity (Wildman–Crippen MR) is 84.4 cm³/mol. The third-order valence-electron chi connectivity index (χ3n) is 3.39. The fourth-order valence-corrected chi connectivity index (χ4v) is 1.74. The summed E-state index contributed by atoms with van der Waals surface area (Å²) in [4.78, 5) is 11.7. The molecule has 0 aliphatic heterocycles. The van der Waals surface area contributed by atoms with Gasteiger partial charge in [0.2, 0.25) is 5.91 Å². The summed E-state index contributed by atoms with van der Waals surface area (Å²) in [6.07, 6.45) is 0.527. The molecule has 0 spiro atoms. The van der Waals surface area contributed by atoms with Gasteiger partial charge in [-0.1, -0.05) is 39.0 Å². The van der Waals surface area contributed by atoms with Crippen molar-refractivity contribution in [2.24, 2.45) is 5.41 Å². The first-order chi connectivity index (χ1) is 9.80. The van der Waals surface area contributed by atoms with Crippen LogP contribution >= 0.6 is 0 Å². The Kier molecular flexibility index (Phi) is 6.69. The lowest BCUT2D eigenvalue weighted by atomic mass is 9.89. The Balaban J connectivity index is 2.18. The number of hydrogen-bond donors (Lipinski definition) is 2. The molecule has 1 aromatic rings. The molecule has 2 N–H and O–H groups in total. The highest BCUT2D eigenvalue weighted by molar-refractivity contribution is 5.75. The number of nitrogens with one attached hydrogen (secondary N) is 1. The third-order valence-corrected chi connectivity index (χ3v) is 3.39. The summed E-state index contributed by atoms with van der Waals surface area (Å²) in [5, 5.41) is 12.6. The first-order valence-electron chi connectivity index (χ1n) is 7.44. The second kappa shape index (κ2) is 8.03. The summed E-state index contributed by atoms with van der Waals surface area (Å²) in [7, 11) is 0. The number of aliphatic hydroxyl groups excluding tert-OH is 1. The zero-order valence-corrected chi connectivity index (χ0v) is 13.5. The second-order valence-electron chi connectivity index (χ2n) is 6.40. The van der Waals surface area contributed by atoms with E-state index in [0.29, 0.717) is 26.0 Å². The van der Waals surface area contributed by atoms with E-state index in [1.54, 1.807) is 0 Å². The van der Waals surface area contributed by atoms with Crippen LogP contribution in [0.2, 0.25) is 0 Å². The van der Waals surface area contributed by atoms with Crippen LogP contribution in [0.1, 0.15) is 39.2 Å². The Hall–Kier alpha value is -1.55. The van der Waals surface area contributed by atoms with Gasteiger partial charge >= 0.3 is 0 Å². The number of para-hydroxylation sites is 1. The molecule has 0 aliphatic carbocycles. The molecule has 0 heterocycles. The maximum absolute atomic E-state index is 11.7. The molecule has 21 heavy (non-hydrogen) atoms. The monoisotopic (exact) mass is 293 g/mol. The Morgan fingerprint density at radius 1 is 1.33 bits per heavy atom. The molecule has 1 amide bonds. The molecule has 1 rings (SSSR count). The van der Waals surface area contributed by atoms with E-state index in [-0.39, 0.29) is 11.3 Å². The number of rotatable bonds is 7. The van der Waals surface area contributed by atoms with Gasteiger partial charge < -0.3 is 15.2 Å². The minimum Gasteiger partial charge on any atom is -0.493 e. The summed E-state index contributed by atoms with van der Waals surface area (Å²) in [5.74, 6) is 0.813. The van der Waals surface area contributed by atoms with Crippen LogP contribution in [-0.4, -0.2) is 30.3 Å². The molecular weight excluding hydrogens is 266 g/mol. The maximum Gasteiger partial charge on any atom is 0.220 e. The Labute approximate surface area is 127 Å². The van der Waals surface area contributed by atoms with Crippen LogP contribution in [0, 0.1) is 12.3 Å². The smallest absolute Gasteiger partial charge is 0.220 e. The van der Waals surface area contributed by atoms with Crippen molar-refractivity contribution in [1.82, 2.24) is 5.32 Å². The molecule has 118 valence electrons. The number of carbonyl (C=O) groups excluding carboxylic acids is 1. The van der Waals surface area contributed by atoms with E-state index >= 15 is 0 Å². The molecule has 0 aromatic heterocycles. The minimum atomic E-state index is -0.537. The SMILES string of the molecule is Cc1ccccc1OCCCC(=O)NCC(O)C(C)(C)C. The molecular formula is C17H27NO3. The summed E-state index contributed by atoms with van der Waals surface area (Å²) in [6, 6.07) is 7.82. The van der Waals surface area contributed by atoms with Gasteiger partial charge in [0.05, 0.1) is 12.7 Å². The number of hydrogen-bond acceptors (Lipinski definition) is 3. The van der Waals surface area contributed by atoms with Crippen LogP contribution in [0.5, 0.6) is 5.75 Å². The van der Waals surface area contributed by atoms with Crippen LogP contribution in [0.3, 0.4) is 0 Å². The Morgan fingerprint density at radius 2 is 2.00 bits per heavy atom. The second-order valence-corrected chi connectivity index (χ2v) is 6.40. The van der Waals surface area contributed by atoms with Crippen LogP contribution < -0.4 is 10.1 Å². The third kappa shape index (κ3) is 6.63. The molecule has 1 unspecified atom stereocenters. The molecule has 1 aromatic carbocycles. The number of aryl methyl sites for hydroxylation is 1. The molecule has 1 atom stereocenters. The van der Waals surface area contributed by atoms with E-state index in [1.165, 1.54) is 0 Å². The zero-order valence-electron chi connectivity index (χ0n) is 13.5. The maximum atomic E-state index is 11.7. The molecule has 0 radical (unpaired) electrons. The fourth-order valence-electron chi connectivity index (χ4n) is 1.74. The van der Waals surface area contributed by atoms with Crippen LogP contribution in [0.25, 0.3) is 0 Å². The van der Waals surface area contributed by atoms with Crippen molar-refractivity contribution in [3.8, 4) is 5.75 Å². The molecule has 0 bridgehead atoms. The highest BCUT2D eigenvalue weighted by Gasteiger charge is 2.22. The van der Waals surface area contributed by atoms with Gasteiger partial charge in [0.15, 0.2) is 0 Å². The van der Waals surface area contributed by atoms with Crippen molar-refractivity contribution in [2.75, 3.05) is 13.2 Å². The van der Waals surface area contributed by atoms with E-state index in [2.05, 4.69) is 5.32 Å². The van der Waals surface area contributed by atoms with Crippen molar-refractivity contribution < 1.29 is 14.6 Å². The van der Waals surface area contributed by atoms with E-state index in [4.69, 9.17) is 4.74 Å². The summed E-state index contributed by atoms with van der Waals surface area (Å²) < 4.78 is 5.64. The summed E-state index contributed by atoms with van der Waals surface area (Å²) >= 11 is 0. The zero-order chi connectivity index (χ0) is 15.9. The van der Waals surface area contributed by atoms with Crippen molar-refractivity contribution in [1.29, 1.82) is 0 Å². The molecule has 0 fully saturated rings. The van der Waals surface area contributed by atoms with Crippen LogP contribution in [0.15, 0.2) is 24.3 Å². The van der Waals surface area contributed by atoms with E-state index < -0.39 is 6.10 Å². The van der Waals surface area contributed by atoms with Gasteiger partial charge in [-0.3, -0.25) is 4.79 Å². The fraction of sp³-hybridized carbons (Fsp3) is 0.588. The van der Waals surface area contributed by atoms with Gasteiger partial charge in [0.1, 0.15) is 5.75 Å². The average molecular weight is 293 g/mol. The average Bonchev–Trinajstić information content (AvgIpc) is 2.41. The first-order valence-corrected chi connectivity index (χ1v) is 7.44. The minimum absolute atomic E-state index is 0.0494. The topological polar surface area (TPSA) is 58.6 Å². The predicted octanol–water partition coefficient (Wildman–Crippen LogP) is 2.68.